The third-order valence-corrected chi connectivity index (χ3v) is 11.3. The van der Waals surface area contributed by atoms with Gasteiger partial charge in [0.25, 0.3) is 0 Å². The maximum atomic E-state index is 2.35. The number of hydrogen-bond acceptors (Lipinski definition) is 1. The predicted octanol–water partition coefficient (Wildman–Crippen LogP) is 16.3. The van der Waals surface area contributed by atoms with Crippen molar-refractivity contribution in [3.05, 3.63) is 249 Å². The fraction of sp³-hybridized carbons (Fsp3) is 0. The van der Waals surface area contributed by atoms with Crippen molar-refractivity contribution in [1.82, 2.24) is 0 Å². The molecule has 59 heavy (non-hydrogen) atoms. The van der Waals surface area contributed by atoms with E-state index in [-0.39, 0.29) is 0 Å². The average Bonchev–Trinajstić information content (AvgIpc) is 3.33. The van der Waals surface area contributed by atoms with Gasteiger partial charge < -0.3 is 4.90 Å². The maximum absolute atomic E-state index is 2.35. The van der Waals surface area contributed by atoms with Crippen LogP contribution in [0.3, 0.4) is 0 Å². The highest BCUT2D eigenvalue weighted by Gasteiger charge is 2.16. The zero-order valence-electron chi connectivity index (χ0n) is 32.6. The highest BCUT2D eigenvalue weighted by molar-refractivity contribution is 6.00. The summed E-state index contributed by atoms with van der Waals surface area (Å²) in [7, 11) is 0. The highest BCUT2D eigenvalue weighted by atomic mass is 15.1. The second-order valence-electron chi connectivity index (χ2n) is 14.9. The molecule has 0 saturated carbocycles. The Morgan fingerprint density at radius 1 is 0.186 bits per heavy atom. The Hall–Kier alpha value is -7.74. The Bertz CT molecular complexity index is 2840. The van der Waals surface area contributed by atoms with Gasteiger partial charge in [0.05, 0.1) is 0 Å². The molecule has 0 atom stereocenters. The molecule has 0 bridgehead atoms. The molecule has 0 aliphatic carbocycles. The molecule has 278 valence electrons. The van der Waals surface area contributed by atoms with Crippen molar-refractivity contribution >= 4 is 27.8 Å². The van der Waals surface area contributed by atoms with Crippen LogP contribution in [-0.2, 0) is 0 Å². The van der Waals surface area contributed by atoms with Crippen LogP contribution in [0, 0.1) is 0 Å². The van der Waals surface area contributed by atoms with Gasteiger partial charge in [-0.05, 0) is 114 Å². The lowest BCUT2D eigenvalue weighted by Gasteiger charge is -2.26. The minimum absolute atomic E-state index is 1.09. The number of fused-ring (bicyclic) bond motifs is 1. The standard InChI is InChI=1S/C58H41N/c1-3-12-42(13-4-1)44-22-26-46(27-23-44)48-30-36-52(37-31-48)59(53-38-32-49(33-39-53)47-28-24-45(25-29-47)43-14-5-2-6-15-43)54-40-34-51(35-41-54)56-19-9-10-20-57(56)58-21-11-17-50-16-7-8-18-55(50)58/h1-41H. The Kier molecular flexibility index (Phi) is 9.68. The molecular weight excluding hydrogens is 711 g/mol. The summed E-state index contributed by atoms with van der Waals surface area (Å²) in [4.78, 5) is 2.35. The van der Waals surface area contributed by atoms with Crippen LogP contribution < -0.4 is 4.90 Å². The fourth-order valence-electron chi connectivity index (χ4n) is 8.24. The van der Waals surface area contributed by atoms with E-state index >= 15 is 0 Å². The van der Waals surface area contributed by atoms with E-state index in [0.29, 0.717) is 0 Å². The number of anilines is 3. The molecule has 0 aliphatic rings. The van der Waals surface area contributed by atoms with Crippen molar-refractivity contribution in [2.24, 2.45) is 0 Å². The third-order valence-electron chi connectivity index (χ3n) is 11.3. The maximum Gasteiger partial charge on any atom is 0.0462 e. The van der Waals surface area contributed by atoms with Crippen molar-refractivity contribution in [2.75, 3.05) is 4.90 Å². The quantitative estimate of drug-likeness (QED) is 0.142. The van der Waals surface area contributed by atoms with E-state index in [4.69, 9.17) is 0 Å². The van der Waals surface area contributed by atoms with Crippen LogP contribution in [0.15, 0.2) is 249 Å². The topological polar surface area (TPSA) is 3.24 Å². The van der Waals surface area contributed by atoms with Crippen molar-refractivity contribution < 1.29 is 0 Å². The van der Waals surface area contributed by atoms with E-state index in [1.165, 1.54) is 77.5 Å². The van der Waals surface area contributed by atoms with Crippen LogP contribution in [-0.4, -0.2) is 0 Å². The molecular formula is C58H41N. The van der Waals surface area contributed by atoms with Crippen molar-refractivity contribution in [2.45, 2.75) is 0 Å². The summed E-state index contributed by atoms with van der Waals surface area (Å²) in [5, 5.41) is 2.51. The first-order chi connectivity index (χ1) is 29.2. The lowest BCUT2D eigenvalue weighted by atomic mass is 9.91. The summed E-state index contributed by atoms with van der Waals surface area (Å²) in [6.07, 6.45) is 0. The van der Waals surface area contributed by atoms with Gasteiger partial charge in [0.1, 0.15) is 0 Å². The van der Waals surface area contributed by atoms with Crippen LogP contribution in [0.1, 0.15) is 0 Å². The van der Waals surface area contributed by atoms with Crippen molar-refractivity contribution in [1.29, 1.82) is 0 Å². The largest absolute Gasteiger partial charge is 0.311 e. The van der Waals surface area contributed by atoms with Crippen LogP contribution in [0.5, 0.6) is 0 Å². The lowest BCUT2D eigenvalue weighted by molar-refractivity contribution is 1.28. The monoisotopic (exact) mass is 751 g/mol. The van der Waals surface area contributed by atoms with Gasteiger partial charge >= 0.3 is 0 Å². The minimum Gasteiger partial charge on any atom is -0.311 e. The van der Waals surface area contributed by atoms with E-state index in [0.717, 1.165) is 17.1 Å². The summed E-state index contributed by atoms with van der Waals surface area (Å²) < 4.78 is 0. The van der Waals surface area contributed by atoms with E-state index in [1.807, 2.05) is 0 Å². The molecule has 10 rings (SSSR count). The SMILES string of the molecule is c1ccc(-c2ccc(-c3ccc(N(c4ccc(-c5ccc(-c6ccccc6)cc5)cc4)c4ccc(-c5ccccc5-c5cccc6ccccc56)cc4)cc3)cc2)cc1. The second-order valence-corrected chi connectivity index (χ2v) is 14.9. The molecule has 0 amide bonds. The molecule has 0 aliphatic heterocycles. The third kappa shape index (κ3) is 7.34. The minimum atomic E-state index is 1.09. The number of hydrogen-bond donors (Lipinski definition) is 0. The van der Waals surface area contributed by atoms with Gasteiger partial charge in [0.2, 0.25) is 0 Å². The molecule has 10 aromatic carbocycles. The molecule has 0 radical (unpaired) electrons. The second kappa shape index (κ2) is 16.0. The first-order valence-electron chi connectivity index (χ1n) is 20.2. The molecule has 1 heteroatoms. The van der Waals surface area contributed by atoms with Crippen LogP contribution in [0.25, 0.3) is 77.5 Å². The number of rotatable bonds is 9. The van der Waals surface area contributed by atoms with Gasteiger partial charge in [-0.25, -0.2) is 0 Å². The Labute approximate surface area is 346 Å². The normalized spacial score (nSPS) is 11.1. The molecule has 0 fully saturated rings. The summed E-state index contributed by atoms with van der Waals surface area (Å²) in [6.45, 7) is 0. The van der Waals surface area contributed by atoms with Gasteiger partial charge in [-0.2, -0.15) is 0 Å². The molecule has 0 saturated heterocycles. The van der Waals surface area contributed by atoms with E-state index in [2.05, 4.69) is 254 Å². The number of benzene rings is 10. The van der Waals surface area contributed by atoms with Crippen molar-refractivity contribution in [3.8, 4) is 66.8 Å². The van der Waals surface area contributed by atoms with Crippen LogP contribution in [0.2, 0.25) is 0 Å². The average molecular weight is 752 g/mol. The van der Waals surface area contributed by atoms with Crippen molar-refractivity contribution in [3.63, 3.8) is 0 Å². The Morgan fingerprint density at radius 2 is 0.492 bits per heavy atom. The van der Waals surface area contributed by atoms with Crippen LogP contribution >= 0.6 is 0 Å². The van der Waals surface area contributed by atoms with Gasteiger partial charge in [0.15, 0.2) is 0 Å². The van der Waals surface area contributed by atoms with Gasteiger partial charge in [-0.3, -0.25) is 0 Å². The molecule has 0 aromatic heterocycles. The highest BCUT2D eigenvalue weighted by Crippen LogP contribution is 2.40. The molecule has 0 N–H and O–H groups in total. The smallest absolute Gasteiger partial charge is 0.0462 e. The van der Waals surface area contributed by atoms with Gasteiger partial charge in [0, 0.05) is 17.1 Å². The summed E-state index contributed by atoms with van der Waals surface area (Å²) in [5.41, 5.74) is 17.8. The molecule has 0 spiro atoms. The van der Waals surface area contributed by atoms with E-state index in [1.54, 1.807) is 0 Å². The predicted molar refractivity (Wildman–Crippen MR) is 251 cm³/mol. The van der Waals surface area contributed by atoms with Crippen LogP contribution in [0.4, 0.5) is 17.1 Å². The molecule has 0 unspecified atom stereocenters. The fourth-order valence-corrected chi connectivity index (χ4v) is 8.24. The molecule has 10 aromatic rings. The van der Waals surface area contributed by atoms with E-state index < -0.39 is 0 Å². The molecule has 1 nitrogen and oxygen atoms in total. The first-order valence-corrected chi connectivity index (χ1v) is 20.2. The Morgan fingerprint density at radius 3 is 0.949 bits per heavy atom. The summed E-state index contributed by atoms with van der Waals surface area (Å²) in [5.74, 6) is 0. The summed E-state index contributed by atoms with van der Waals surface area (Å²) >= 11 is 0. The zero-order valence-corrected chi connectivity index (χ0v) is 32.6. The lowest BCUT2D eigenvalue weighted by Crippen LogP contribution is -2.09. The Balaban J connectivity index is 0.992. The zero-order chi connectivity index (χ0) is 39.4. The van der Waals surface area contributed by atoms with Gasteiger partial charge in [-0.15, -0.1) is 0 Å². The molecule has 0 heterocycles. The number of nitrogens with zero attached hydrogens (tertiary/aromatic N) is 1. The van der Waals surface area contributed by atoms with E-state index in [9.17, 15) is 0 Å². The van der Waals surface area contributed by atoms with Gasteiger partial charge in [-0.1, -0.05) is 212 Å². The first kappa shape index (κ1) is 35.7. The summed E-state index contributed by atoms with van der Waals surface area (Å²) in [6, 6.07) is 89.7.